The van der Waals surface area contributed by atoms with Crippen LogP contribution < -0.4 is 11.2 Å². The Labute approximate surface area is 105 Å². The molecule has 0 saturated carbocycles. The number of guanidine groups is 1. The topological polar surface area (TPSA) is 76.7 Å². The van der Waals surface area contributed by atoms with Crippen LogP contribution >= 0.6 is 0 Å². The summed E-state index contributed by atoms with van der Waals surface area (Å²) in [5.74, 6) is -3.38. The van der Waals surface area contributed by atoms with Gasteiger partial charge in [0.2, 0.25) is 5.96 Å². The van der Waals surface area contributed by atoms with E-state index in [-0.39, 0.29) is 6.54 Å². The molecule has 1 rings (SSSR count). The van der Waals surface area contributed by atoms with Gasteiger partial charge in [-0.15, -0.1) is 0 Å². The molecule has 0 unspecified atom stereocenters. The zero-order valence-corrected chi connectivity index (χ0v) is 9.37. The van der Waals surface area contributed by atoms with Crippen molar-refractivity contribution in [1.82, 2.24) is 5.48 Å². The number of aliphatic imine (C=N–C) groups is 1. The van der Waals surface area contributed by atoms with Crippen LogP contribution in [-0.2, 0) is 16.2 Å². The Morgan fingerprint density at radius 2 is 1.89 bits per heavy atom. The van der Waals surface area contributed by atoms with Crippen molar-refractivity contribution in [3.8, 4) is 0 Å². The number of nitrogens with zero attached hydrogens (tertiary/aromatic N) is 1. The highest BCUT2D eigenvalue weighted by Gasteiger charge is 2.41. The number of benzene rings is 1. The minimum atomic E-state index is -5.12. The highest BCUT2D eigenvalue weighted by Crippen LogP contribution is 2.15. The van der Waals surface area contributed by atoms with Crippen LogP contribution in [0.3, 0.4) is 0 Å². The van der Waals surface area contributed by atoms with Crippen LogP contribution in [0.5, 0.6) is 0 Å². The third-order valence-corrected chi connectivity index (χ3v) is 1.82. The summed E-state index contributed by atoms with van der Waals surface area (Å²) in [6.07, 6.45) is -5.12. The van der Waals surface area contributed by atoms with Crippen molar-refractivity contribution < 1.29 is 27.2 Å². The van der Waals surface area contributed by atoms with E-state index in [1.165, 1.54) is 24.3 Å². The number of nitrogens with one attached hydrogen (secondary N) is 1. The first-order valence-corrected chi connectivity index (χ1v) is 4.87. The van der Waals surface area contributed by atoms with Crippen LogP contribution in [0.15, 0.2) is 29.3 Å². The molecule has 104 valence electrons. The highest BCUT2D eigenvalue weighted by atomic mass is 19.4. The first-order valence-electron chi connectivity index (χ1n) is 4.87. The molecular weight excluding hydrogens is 270 g/mol. The predicted octanol–water partition coefficient (Wildman–Crippen LogP) is 1.25. The summed E-state index contributed by atoms with van der Waals surface area (Å²) in [6.45, 7) is -0.0112. The Hall–Kier alpha value is -2.32. The number of alkyl halides is 3. The Morgan fingerprint density at radius 3 is 2.42 bits per heavy atom. The van der Waals surface area contributed by atoms with Crippen LogP contribution in [0.2, 0.25) is 0 Å². The molecule has 0 heterocycles. The summed E-state index contributed by atoms with van der Waals surface area (Å²) in [6, 6.07) is 5.23. The SMILES string of the molecule is NC(=NCc1ccc(F)cc1)NOC(=O)C(F)(F)F. The van der Waals surface area contributed by atoms with Gasteiger partial charge in [0.25, 0.3) is 0 Å². The second-order valence-corrected chi connectivity index (χ2v) is 3.32. The number of nitrogens with two attached hydrogens (primary N) is 1. The highest BCUT2D eigenvalue weighted by molar-refractivity contribution is 5.81. The normalized spacial score (nSPS) is 12.1. The maximum absolute atomic E-state index is 12.6. The zero-order valence-electron chi connectivity index (χ0n) is 9.37. The molecular formula is C10H9F4N3O2. The number of halogens is 4. The van der Waals surface area contributed by atoms with Gasteiger partial charge in [-0.1, -0.05) is 12.1 Å². The first kappa shape index (κ1) is 14.7. The third-order valence-electron chi connectivity index (χ3n) is 1.82. The molecule has 0 fully saturated rings. The Balaban J connectivity index is 2.45. The van der Waals surface area contributed by atoms with E-state index in [0.717, 1.165) is 0 Å². The number of rotatable bonds is 2. The van der Waals surface area contributed by atoms with E-state index in [1.807, 2.05) is 0 Å². The number of hydrogen-bond acceptors (Lipinski definition) is 3. The molecule has 5 nitrogen and oxygen atoms in total. The van der Waals surface area contributed by atoms with Crippen LogP contribution in [0.4, 0.5) is 17.6 Å². The number of hydrogen-bond donors (Lipinski definition) is 2. The standard InChI is InChI=1S/C10H9F4N3O2/c11-7-3-1-6(2-4-7)5-16-9(15)17-19-8(18)10(12,13)14/h1-4H,5H2,(H3,15,16,17). The van der Waals surface area contributed by atoms with E-state index in [0.29, 0.717) is 5.56 Å². The van der Waals surface area contributed by atoms with Gasteiger partial charge in [0.15, 0.2) is 0 Å². The summed E-state index contributed by atoms with van der Waals surface area (Å²) < 4.78 is 47.8. The molecule has 0 radical (unpaired) electrons. The van der Waals surface area contributed by atoms with Crippen molar-refractivity contribution in [3.05, 3.63) is 35.6 Å². The molecule has 0 aliphatic rings. The average molecular weight is 279 g/mol. The van der Waals surface area contributed by atoms with E-state index in [1.54, 1.807) is 5.48 Å². The van der Waals surface area contributed by atoms with E-state index in [2.05, 4.69) is 9.83 Å². The molecule has 1 aromatic rings. The molecule has 0 saturated heterocycles. The second-order valence-electron chi connectivity index (χ2n) is 3.32. The Morgan fingerprint density at radius 1 is 1.32 bits per heavy atom. The van der Waals surface area contributed by atoms with Gasteiger partial charge in [-0.05, 0) is 17.7 Å². The number of carbonyl (C=O) groups excluding carboxylic acids is 1. The molecule has 0 aliphatic heterocycles. The van der Waals surface area contributed by atoms with Crippen LogP contribution in [0.25, 0.3) is 0 Å². The number of hydroxylamine groups is 1. The molecule has 0 spiro atoms. The van der Waals surface area contributed by atoms with Crippen molar-refractivity contribution in [2.45, 2.75) is 12.7 Å². The van der Waals surface area contributed by atoms with Crippen molar-refractivity contribution in [2.75, 3.05) is 0 Å². The first-order chi connectivity index (χ1) is 8.79. The average Bonchev–Trinajstić information content (AvgIpc) is 2.34. The molecule has 19 heavy (non-hydrogen) atoms. The summed E-state index contributed by atoms with van der Waals surface area (Å²) >= 11 is 0. The molecule has 0 aliphatic carbocycles. The minimum Gasteiger partial charge on any atom is -0.368 e. The summed E-state index contributed by atoms with van der Waals surface area (Å²) in [7, 11) is 0. The largest absolute Gasteiger partial charge is 0.493 e. The Bertz CT molecular complexity index is 471. The van der Waals surface area contributed by atoms with E-state index < -0.39 is 23.9 Å². The lowest BCUT2D eigenvalue weighted by Crippen LogP contribution is -2.38. The summed E-state index contributed by atoms with van der Waals surface area (Å²) in [5.41, 5.74) is 7.30. The maximum Gasteiger partial charge on any atom is 0.493 e. The number of carbonyl (C=O) groups is 1. The van der Waals surface area contributed by atoms with Gasteiger partial charge in [0, 0.05) is 0 Å². The van der Waals surface area contributed by atoms with Crippen molar-refractivity contribution in [3.63, 3.8) is 0 Å². The summed E-state index contributed by atoms with van der Waals surface area (Å²) in [4.78, 5) is 17.6. The smallest absolute Gasteiger partial charge is 0.368 e. The lowest BCUT2D eigenvalue weighted by molar-refractivity contribution is -0.203. The van der Waals surface area contributed by atoms with Crippen LogP contribution in [0, 0.1) is 5.82 Å². The molecule has 9 heteroatoms. The van der Waals surface area contributed by atoms with Crippen molar-refractivity contribution >= 4 is 11.9 Å². The molecule has 3 N–H and O–H groups in total. The van der Waals surface area contributed by atoms with Crippen molar-refractivity contribution in [1.29, 1.82) is 0 Å². The van der Waals surface area contributed by atoms with Gasteiger partial charge in [0.1, 0.15) is 5.82 Å². The molecule has 0 bridgehead atoms. The van der Waals surface area contributed by atoms with Crippen LogP contribution in [-0.4, -0.2) is 18.1 Å². The molecule has 0 amide bonds. The lowest BCUT2D eigenvalue weighted by atomic mass is 10.2. The van der Waals surface area contributed by atoms with E-state index >= 15 is 0 Å². The minimum absolute atomic E-state index is 0.0112. The third kappa shape index (κ3) is 5.23. The van der Waals surface area contributed by atoms with Crippen LogP contribution in [0.1, 0.15) is 5.56 Å². The molecule has 1 aromatic carbocycles. The van der Waals surface area contributed by atoms with Gasteiger partial charge >= 0.3 is 12.1 Å². The summed E-state index contributed by atoms with van der Waals surface area (Å²) in [5, 5.41) is 0. The van der Waals surface area contributed by atoms with Gasteiger partial charge in [-0.2, -0.15) is 18.7 Å². The Kier molecular flexibility index (Phi) is 4.67. The quantitative estimate of drug-likeness (QED) is 0.370. The molecule has 0 atom stereocenters. The van der Waals surface area contributed by atoms with Crippen molar-refractivity contribution in [2.24, 2.45) is 10.7 Å². The van der Waals surface area contributed by atoms with Gasteiger partial charge in [-0.3, -0.25) is 0 Å². The van der Waals surface area contributed by atoms with Gasteiger partial charge in [0.05, 0.1) is 6.54 Å². The fraction of sp³-hybridized carbons (Fsp3) is 0.200. The molecule has 0 aromatic heterocycles. The van der Waals surface area contributed by atoms with Gasteiger partial charge < -0.3 is 10.6 Å². The van der Waals surface area contributed by atoms with E-state index in [4.69, 9.17) is 5.73 Å². The maximum atomic E-state index is 12.6. The second kappa shape index (κ2) is 6.03. The fourth-order valence-electron chi connectivity index (χ4n) is 0.955. The van der Waals surface area contributed by atoms with Gasteiger partial charge in [-0.25, -0.2) is 14.2 Å². The zero-order chi connectivity index (χ0) is 14.5. The lowest BCUT2D eigenvalue weighted by Gasteiger charge is -2.07. The van der Waals surface area contributed by atoms with E-state index in [9.17, 15) is 22.4 Å². The fourth-order valence-corrected chi connectivity index (χ4v) is 0.955. The monoisotopic (exact) mass is 279 g/mol. The predicted molar refractivity (Wildman–Crippen MR) is 57.0 cm³/mol.